The van der Waals surface area contributed by atoms with Crippen LogP contribution < -0.4 is 0 Å². The summed E-state index contributed by atoms with van der Waals surface area (Å²) < 4.78 is 82.4. The summed E-state index contributed by atoms with van der Waals surface area (Å²) in [6.07, 6.45) is -11.9. The van der Waals surface area contributed by atoms with E-state index in [0.717, 1.165) is 12.1 Å². The summed E-state index contributed by atoms with van der Waals surface area (Å²) in [6, 6.07) is 4.20. The largest absolute Gasteiger partial charge is 0.442 e. The van der Waals surface area contributed by atoms with Crippen LogP contribution in [0, 0.1) is 0 Å². The fourth-order valence-electron chi connectivity index (χ4n) is 1.53. The molecule has 0 saturated heterocycles. The summed E-state index contributed by atoms with van der Waals surface area (Å²) in [7, 11) is 0. The molecular weight excluding hydrogens is 326 g/mol. The SMILES string of the molecule is C=C(Cl)C(=O)OC(c1ccccc1)(C(F)(F)F)C(F)(F)F. The van der Waals surface area contributed by atoms with Crippen LogP contribution in [0.15, 0.2) is 41.9 Å². The van der Waals surface area contributed by atoms with Crippen molar-refractivity contribution in [2.45, 2.75) is 18.0 Å². The van der Waals surface area contributed by atoms with Crippen LogP contribution >= 0.6 is 11.6 Å². The first-order valence-electron chi connectivity index (χ1n) is 5.20. The molecule has 21 heavy (non-hydrogen) atoms. The van der Waals surface area contributed by atoms with Gasteiger partial charge in [-0.05, 0) is 0 Å². The molecule has 2 nitrogen and oxygen atoms in total. The molecule has 0 aromatic heterocycles. The number of alkyl halides is 6. The van der Waals surface area contributed by atoms with Crippen molar-refractivity contribution in [2.24, 2.45) is 0 Å². The smallest absolute Gasteiger partial charge is 0.430 e. The first-order chi connectivity index (χ1) is 9.43. The van der Waals surface area contributed by atoms with Gasteiger partial charge in [-0.2, -0.15) is 26.3 Å². The Labute approximate surface area is 120 Å². The molecule has 116 valence electrons. The first kappa shape index (κ1) is 17.4. The Bertz CT molecular complexity index is 521. The molecule has 0 spiro atoms. The lowest BCUT2D eigenvalue weighted by atomic mass is 9.92. The van der Waals surface area contributed by atoms with Crippen LogP contribution in [0.2, 0.25) is 0 Å². The van der Waals surface area contributed by atoms with Crippen LogP contribution in [0.4, 0.5) is 26.3 Å². The van der Waals surface area contributed by atoms with Crippen LogP contribution in [0.1, 0.15) is 5.56 Å². The van der Waals surface area contributed by atoms with Crippen molar-refractivity contribution in [3.05, 3.63) is 47.5 Å². The van der Waals surface area contributed by atoms with Gasteiger partial charge in [-0.1, -0.05) is 48.5 Å². The Morgan fingerprint density at radius 3 is 1.76 bits per heavy atom. The summed E-state index contributed by atoms with van der Waals surface area (Å²) >= 11 is 5.02. The molecule has 0 bridgehead atoms. The number of rotatable bonds is 3. The molecule has 0 N–H and O–H groups in total. The van der Waals surface area contributed by atoms with Crippen molar-refractivity contribution in [1.82, 2.24) is 0 Å². The van der Waals surface area contributed by atoms with Gasteiger partial charge in [0.15, 0.2) is 0 Å². The van der Waals surface area contributed by atoms with Crippen LogP contribution in [0.25, 0.3) is 0 Å². The second-order valence-corrected chi connectivity index (χ2v) is 4.29. The number of hydrogen-bond donors (Lipinski definition) is 0. The standard InChI is InChI=1S/C12H7ClF6O2/c1-7(13)9(20)21-10(11(14,15)16,12(17,18)19)8-5-3-2-4-6-8/h2-6H,1H2. The highest BCUT2D eigenvalue weighted by molar-refractivity contribution is 6.40. The second-order valence-electron chi connectivity index (χ2n) is 3.84. The van der Waals surface area contributed by atoms with E-state index in [9.17, 15) is 31.1 Å². The fourth-order valence-corrected chi connectivity index (χ4v) is 1.57. The second kappa shape index (κ2) is 5.59. The van der Waals surface area contributed by atoms with E-state index in [1.165, 1.54) is 6.07 Å². The minimum absolute atomic E-state index is 0.547. The van der Waals surface area contributed by atoms with E-state index in [1.807, 2.05) is 0 Å². The molecule has 1 aromatic rings. The van der Waals surface area contributed by atoms with E-state index in [2.05, 4.69) is 11.3 Å². The number of ether oxygens (including phenoxy) is 1. The highest BCUT2D eigenvalue weighted by Gasteiger charge is 2.75. The van der Waals surface area contributed by atoms with Crippen molar-refractivity contribution in [3.8, 4) is 0 Å². The third kappa shape index (κ3) is 3.15. The molecule has 0 amide bonds. The molecule has 0 heterocycles. The zero-order valence-electron chi connectivity index (χ0n) is 10.1. The van der Waals surface area contributed by atoms with E-state index >= 15 is 0 Å². The molecule has 0 unspecified atom stereocenters. The van der Waals surface area contributed by atoms with Crippen molar-refractivity contribution in [2.75, 3.05) is 0 Å². The average Bonchev–Trinajstić information content (AvgIpc) is 2.33. The fraction of sp³-hybridized carbons (Fsp3) is 0.250. The Morgan fingerprint density at radius 2 is 1.43 bits per heavy atom. The summed E-state index contributed by atoms with van der Waals surface area (Å²) in [4.78, 5) is 11.2. The van der Waals surface area contributed by atoms with Crippen molar-refractivity contribution < 1.29 is 35.9 Å². The lowest BCUT2D eigenvalue weighted by molar-refractivity contribution is -0.376. The zero-order chi connectivity index (χ0) is 16.5. The lowest BCUT2D eigenvalue weighted by Gasteiger charge is -2.36. The molecule has 0 aliphatic heterocycles. The maximum absolute atomic E-state index is 13.1. The Morgan fingerprint density at radius 1 is 1.00 bits per heavy atom. The molecule has 0 aliphatic carbocycles. The van der Waals surface area contributed by atoms with Crippen molar-refractivity contribution >= 4 is 17.6 Å². The highest BCUT2D eigenvalue weighted by atomic mass is 35.5. The van der Waals surface area contributed by atoms with Gasteiger partial charge < -0.3 is 4.74 Å². The monoisotopic (exact) mass is 332 g/mol. The Kier molecular flexibility index (Phi) is 4.62. The minimum atomic E-state index is -5.95. The molecule has 9 heteroatoms. The number of carbonyl (C=O) groups excluding carboxylic acids is 1. The molecule has 0 fully saturated rings. The number of benzene rings is 1. The number of carbonyl (C=O) groups is 1. The van der Waals surface area contributed by atoms with Crippen molar-refractivity contribution in [1.29, 1.82) is 0 Å². The van der Waals surface area contributed by atoms with E-state index in [4.69, 9.17) is 11.6 Å². The van der Waals surface area contributed by atoms with E-state index < -0.39 is 34.5 Å². The molecule has 0 radical (unpaired) electrons. The summed E-state index contributed by atoms with van der Waals surface area (Å²) in [5, 5.41) is -1.11. The van der Waals surface area contributed by atoms with Gasteiger partial charge in [-0.15, -0.1) is 0 Å². The minimum Gasteiger partial charge on any atom is -0.430 e. The van der Waals surface area contributed by atoms with Gasteiger partial charge in [-0.3, -0.25) is 0 Å². The molecule has 1 rings (SSSR count). The van der Waals surface area contributed by atoms with Gasteiger partial charge in [0.2, 0.25) is 0 Å². The maximum atomic E-state index is 13.1. The summed E-state index contributed by atoms with van der Waals surface area (Å²) in [5.41, 5.74) is -6.12. The van der Waals surface area contributed by atoms with Crippen LogP contribution in [-0.4, -0.2) is 18.3 Å². The summed E-state index contributed by atoms with van der Waals surface area (Å²) in [5.74, 6) is -2.02. The van der Waals surface area contributed by atoms with Gasteiger partial charge in [0.25, 0.3) is 0 Å². The number of halogens is 7. The Hall–Kier alpha value is -1.70. The van der Waals surface area contributed by atoms with Gasteiger partial charge >= 0.3 is 23.9 Å². The average molecular weight is 333 g/mol. The predicted molar refractivity (Wildman–Crippen MR) is 61.3 cm³/mol. The van der Waals surface area contributed by atoms with Crippen LogP contribution in [0.3, 0.4) is 0 Å². The summed E-state index contributed by atoms with van der Waals surface area (Å²) in [6.45, 7) is 2.75. The number of esters is 1. The third-order valence-corrected chi connectivity index (χ3v) is 2.60. The van der Waals surface area contributed by atoms with E-state index in [-0.39, 0.29) is 0 Å². The molecule has 1 aromatic carbocycles. The van der Waals surface area contributed by atoms with E-state index in [1.54, 1.807) is 0 Å². The van der Waals surface area contributed by atoms with Crippen molar-refractivity contribution in [3.63, 3.8) is 0 Å². The topological polar surface area (TPSA) is 26.3 Å². The van der Waals surface area contributed by atoms with Gasteiger partial charge in [0.05, 0.1) is 0 Å². The molecular formula is C12H7ClF6O2. The van der Waals surface area contributed by atoms with Crippen LogP contribution in [-0.2, 0) is 15.1 Å². The maximum Gasteiger partial charge on any atom is 0.442 e. The molecule has 0 aliphatic rings. The van der Waals surface area contributed by atoms with Gasteiger partial charge in [-0.25, -0.2) is 4.79 Å². The molecule has 0 saturated carbocycles. The lowest BCUT2D eigenvalue weighted by Crippen LogP contribution is -2.56. The highest BCUT2D eigenvalue weighted by Crippen LogP contribution is 2.53. The zero-order valence-corrected chi connectivity index (χ0v) is 10.8. The quantitative estimate of drug-likeness (QED) is 0.468. The molecule has 0 atom stereocenters. The predicted octanol–water partition coefficient (Wildman–Crippen LogP) is 4.30. The van der Waals surface area contributed by atoms with E-state index in [0.29, 0.717) is 12.1 Å². The first-order valence-corrected chi connectivity index (χ1v) is 5.58. The third-order valence-electron chi connectivity index (χ3n) is 2.45. The normalized spacial score (nSPS) is 12.9. The van der Waals surface area contributed by atoms with Gasteiger partial charge in [0, 0.05) is 5.56 Å². The number of hydrogen-bond acceptors (Lipinski definition) is 2. The Balaban J connectivity index is 3.60. The van der Waals surface area contributed by atoms with Gasteiger partial charge in [0.1, 0.15) is 5.03 Å². The van der Waals surface area contributed by atoms with Crippen LogP contribution in [0.5, 0.6) is 0 Å².